The average Bonchev–Trinajstić information content (AvgIpc) is 2.56. The Hall–Kier alpha value is -2.82. The van der Waals surface area contributed by atoms with E-state index in [1.54, 1.807) is 18.2 Å². The highest BCUT2D eigenvalue weighted by Crippen LogP contribution is 2.26. The topological polar surface area (TPSA) is 50.4 Å². The molecule has 2 aromatic carbocycles. The van der Waals surface area contributed by atoms with Crippen molar-refractivity contribution in [2.24, 2.45) is 0 Å². The summed E-state index contributed by atoms with van der Waals surface area (Å²) in [5.74, 6) is 0.444. The lowest BCUT2D eigenvalue weighted by Crippen LogP contribution is -2.34. The molecule has 1 atom stereocenters. The maximum absolute atomic E-state index is 13.1. The average molecular weight is 342 g/mol. The van der Waals surface area contributed by atoms with Gasteiger partial charge in [-0.1, -0.05) is 29.8 Å². The molecule has 0 aliphatic rings. The van der Waals surface area contributed by atoms with E-state index in [-0.39, 0.29) is 17.9 Å². The largest absolute Gasteiger partial charge is 0.494 e. The fourth-order valence-corrected chi connectivity index (χ4v) is 2.43. The van der Waals surface area contributed by atoms with Crippen molar-refractivity contribution >= 4 is 12.1 Å². The number of hydrogen-bond acceptors (Lipinski definition) is 2. The molecule has 0 heterocycles. The van der Waals surface area contributed by atoms with Crippen molar-refractivity contribution in [3.05, 3.63) is 71.2 Å². The zero-order chi connectivity index (χ0) is 18.2. The van der Waals surface area contributed by atoms with Crippen molar-refractivity contribution in [3.8, 4) is 5.75 Å². The number of ether oxygens (including phenoxy) is 1. The molecule has 5 heteroatoms. The van der Waals surface area contributed by atoms with E-state index in [0.717, 1.165) is 16.9 Å². The predicted octanol–water partition coefficient (Wildman–Crippen LogP) is 4.56. The summed E-state index contributed by atoms with van der Waals surface area (Å²) in [5.41, 5.74) is 2.69. The minimum absolute atomic E-state index is 0.219. The molecule has 0 saturated carbocycles. The van der Waals surface area contributed by atoms with Gasteiger partial charge in [-0.15, -0.1) is 0 Å². The van der Waals surface area contributed by atoms with Gasteiger partial charge in [0.1, 0.15) is 11.6 Å². The summed E-state index contributed by atoms with van der Waals surface area (Å²) < 4.78 is 18.7. The number of amides is 2. The number of halogens is 1. The molecule has 0 aliphatic carbocycles. The van der Waals surface area contributed by atoms with E-state index < -0.39 is 0 Å². The van der Waals surface area contributed by atoms with Gasteiger partial charge in [0.15, 0.2) is 0 Å². The van der Waals surface area contributed by atoms with E-state index in [1.807, 2.05) is 39.0 Å². The van der Waals surface area contributed by atoms with Crippen LogP contribution in [0, 0.1) is 12.7 Å². The molecule has 0 fully saturated rings. The van der Waals surface area contributed by atoms with Crippen molar-refractivity contribution in [2.45, 2.75) is 26.8 Å². The standard InChI is InChI=1S/C20H23FN2O2/c1-4-25-19-9-8-14(2)12-18(19)15(3)23-20(24)22-11-10-16-6-5-7-17(21)13-16/h5-13,15H,4H2,1-3H3,(H2,22,23,24)/b11-10+. The van der Waals surface area contributed by atoms with Gasteiger partial charge in [0.2, 0.25) is 0 Å². The van der Waals surface area contributed by atoms with Crippen LogP contribution in [0.5, 0.6) is 5.75 Å². The van der Waals surface area contributed by atoms with Crippen LogP contribution >= 0.6 is 0 Å². The molecular weight excluding hydrogens is 319 g/mol. The zero-order valence-corrected chi connectivity index (χ0v) is 14.7. The summed E-state index contributed by atoms with van der Waals surface area (Å²) in [4.78, 5) is 12.0. The number of nitrogens with one attached hydrogen (secondary N) is 2. The smallest absolute Gasteiger partial charge is 0.319 e. The van der Waals surface area contributed by atoms with Gasteiger partial charge >= 0.3 is 6.03 Å². The molecule has 1 unspecified atom stereocenters. The van der Waals surface area contributed by atoms with E-state index in [9.17, 15) is 9.18 Å². The third-order valence-corrected chi connectivity index (χ3v) is 3.62. The lowest BCUT2D eigenvalue weighted by Gasteiger charge is -2.18. The number of hydrogen-bond donors (Lipinski definition) is 2. The molecule has 0 spiro atoms. The Kier molecular flexibility index (Phi) is 6.57. The fraction of sp³-hybridized carbons (Fsp3) is 0.250. The molecular formula is C20H23FN2O2. The highest BCUT2D eigenvalue weighted by atomic mass is 19.1. The molecule has 0 bridgehead atoms. The molecule has 132 valence electrons. The van der Waals surface area contributed by atoms with Crippen LogP contribution < -0.4 is 15.4 Å². The number of carbonyl (C=O) groups excluding carboxylic acids is 1. The third-order valence-electron chi connectivity index (χ3n) is 3.62. The molecule has 2 amide bonds. The quantitative estimate of drug-likeness (QED) is 0.808. The van der Waals surface area contributed by atoms with Crippen LogP contribution in [-0.2, 0) is 0 Å². The van der Waals surface area contributed by atoms with E-state index in [1.165, 1.54) is 18.3 Å². The van der Waals surface area contributed by atoms with Crippen molar-refractivity contribution in [1.29, 1.82) is 0 Å². The summed E-state index contributed by atoms with van der Waals surface area (Å²) in [5, 5.41) is 5.49. The minimum Gasteiger partial charge on any atom is -0.494 e. The first kappa shape index (κ1) is 18.5. The highest BCUT2D eigenvalue weighted by Gasteiger charge is 2.14. The predicted molar refractivity (Wildman–Crippen MR) is 97.9 cm³/mol. The van der Waals surface area contributed by atoms with E-state index in [4.69, 9.17) is 4.74 Å². The molecule has 25 heavy (non-hydrogen) atoms. The summed E-state index contributed by atoms with van der Waals surface area (Å²) >= 11 is 0. The molecule has 0 aromatic heterocycles. The van der Waals surface area contributed by atoms with Crippen LogP contribution in [0.2, 0.25) is 0 Å². The Morgan fingerprint density at radius 3 is 2.80 bits per heavy atom. The first-order chi connectivity index (χ1) is 12.0. The van der Waals surface area contributed by atoms with Crippen LogP contribution in [0.3, 0.4) is 0 Å². The minimum atomic E-state index is -0.343. The van der Waals surface area contributed by atoms with Crippen molar-refractivity contribution in [1.82, 2.24) is 10.6 Å². The SMILES string of the molecule is CCOc1ccc(C)cc1C(C)NC(=O)N/C=C/c1cccc(F)c1. The lowest BCUT2D eigenvalue weighted by molar-refractivity contribution is 0.241. The molecule has 0 saturated heterocycles. The monoisotopic (exact) mass is 342 g/mol. The Balaban J connectivity index is 1.97. The van der Waals surface area contributed by atoms with Crippen LogP contribution in [0.15, 0.2) is 48.7 Å². The molecule has 2 N–H and O–H groups in total. The summed E-state index contributed by atoms with van der Waals surface area (Å²) in [6.07, 6.45) is 3.11. The number of rotatable bonds is 6. The number of carbonyl (C=O) groups is 1. The second kappa shape index (κ2) is 8.87. The third kappa shape index (κ3) is 5.64. The number of urea groups is 1. The van der Waals surface area contributed by atoms with Crippen LogP contribution in [-0.4, -0.2) is 12.6 Å². The van der Waals surface area contributed by atoms with Gasteiger partial charge in [-0.2, -0.15) is 0 Å². The summed E-state index contributed by atoms with van der Waals surface area (Å²) in [6.45, 7) is 6.37. The van der Waals surface area contributed by atoms with Gasteiger partial charge in [-0.3, -0.25) is 0 Å². The molecule has 0 radical (unpaired) electrons. The van der Waals surface area contributed by atoms with Gasteiger partial charge in [-0.25, -0.2) is 9.18 Å². The molecule has 2 aromatic rings. The molecule has 0 aliphatic heterocycles. The van der Waals surface area contributed by atoms with Crippen molar-refractivity contribution in [3.63, 3.8) is 0 Å². The van der Waals surface area contributed by atoms with Gasteiger partial charge in [0.25, 0.3) is 0 Å². The normalized spacial score (nSPS) is 12.0. The zero-order valence-electron chi connectivity index (χ0n) is 14.7. The Bertz CT molecular complexity index is 759. The second-order valence-corrected chi connectivity index (χ2v) is 5.70. The second-order valence-electron chi connectivity index (χ2n) is 5.70. The van der Waals surface area contributed by atoms with Gasteiger partial charge < -0.3 is 15.4 Å². The van der Waals surface area contributed by atoms with Gasteiger partial charge in [-0.05, 0) is 50.6 Å². The van der Waals surface area contributed by atoms with E-state index >= 15 is 0 Å². The van der Waals surface area contributed by atoms with Gasteiger partial charge in [0, 0.05) is 11.8 Å². The van der Waals surface area contributed by atoms with Gasteiger partial charge in [0.05, 0.1) is 12.6 Å². The molecule has 4 nitrogen and oxygen atoms in total. The first-order valence-corrected chi connectivity index (χ1v) is 8.22. The highest BCUT2D eigenvalue weighted by molar-refractivity contribution is 5.76. The lowest BCUT2D eigenvalue weighted by atomic mass is 10.0. The van der Waals surface area contributed by atoms with Crippen LogP contribution in [0.4, 0.5) is 9.18 Å². The Morgan fingerprint density at radius 2 is 2.08 bits per heavy atom. The summed E-state index contributed by atoms with van der Waals surface area (Å²) in [6, 6.07) is 11.5. The van der Waals surface area contributed by atoms with Crippen molar-refractivity contribution in [2.75, 3.05) is 6.61 Å². The van der Waals surface area contributed by atoms with Crippen molar-refractivity contribution < 1.29 is 13.9 Å². The maximum atomic E-state index is 13.1. The Labute approximate surface area is 147 Å². The fourth-order valence-electron chi connectivity index (χ4n) is 2.43. The first-order valence-electron chi connectivity index (χ1n) is 8.22. The molecule has 2 rings (SSSR count). The number of benzene rings is 2. The van der Waals surface area contributed by atoms with Crippen LogP contribution in [0.1, 0.15) is 36.6 Å². The maximum Gasteiger partial charge on any atom is 0.319 e. The summed E-state index contributed by atoms with van der Waals surface area (Å²) in [7, 11) is 0. The number of aryl methyl sites for hydroxylation is 1. The van der Waals surface area contributed by atoms with Crippen LogP contribution in [0.25, 0.3) is 6.08 Å². The van der Waals surface area contributed by atoms with E-state index in [0.29, 0.717) is 12.2 Å². The Morgan fingerprint density at radius 1 is 1.28 bits per heavy atom. The van der Waals surface area contributed by atoms with E-state index in [2.05, 4.69) is 10.6 Å².